The summed E-state index contributed by atoms with van der Waals surface area (Å²) in [5.74, 6) is -1.03. The molecule has 0 saturated heterocycles. The number of benzene rings is 1. The van der Waals surface area contributed by atoms with Crippen LogP contribution in [0.25, 0.3) is 0 Å². The minimum Gasteiger partial charge on any atom is -0.496 e. The predicted octanol–water partition coefficient (Wildman–Crippen LogP) is 2.69. The molecule has 6 nitrogen and oxygen atoms in total. The van der Waals surface area contributed by atoms with E-state index in [0.29, 0.717) is 6.42 Å². The number of carbonyl (C=O) groups excluding carboxylic acids is 1. The van der Waals surface area contributed by atoms with Crippen LogP contribution in [-0.2, 0) is 6.42 Å². The first-order valence-electron chi connectivity index (χ1n) is 7.16. The molecule has 1 amide bonds. The van der Waals surface area contributed by atoms with Crippen LogP contribution in [0.2, 0.25) is 0 Å². The second kappa shape index (κ2) is 7.00. The molecule has 0 aliphatic rings. The summed E-state index contributed by atoms with van der Waals surface area (Å²) in [6.45, 7) is 1.91. The quantitative estimate of drug-likeness (QED) is 0.886. The number of hydrogen-bond acceptors (Lipinski definition) is 4. The number of ether oxygens (including phenoxy) is 1. The molecular formula is C17H19NO5. The fraction of sp³-hybridized carbons (Fsp3) is 0.294. The van der Waals surface area contributed by atoms with Gasteiger partial charge in [0.05, 0.1) is 7.11 Å². The molecule has 23 heavy (non-hydrogen) atoms. The Labute approximate surface area is 134 Å². The van der Waals surface area contributed by atoms with Gasteiger partial charge in [-0.15, -0.1) is 0 Å². The van der Waals surface area contributed by atoms with Gasteiger partial charge in [0.2, 0.25) is 5.76 Å². The summed E-state index contributed by atoms with van der Waals surface area (Å²) in [5.41, 5.74) is 0.993. The molecule has 0 spiro atoms. The zero-order valence-corrected chi connectivity index (χ0v) is 13.3. The molecule has 0 aliphatic heterocycles. The Balaban J connectivity index is 2.10. The van der Waals surface area contributed by atoms with E-state index in [9.17, 15) is 9.59 Å². The summed E-state index contributed by atoms with van der Waals surface area (Å²) < 4.78 is 10.4. The molecule has 1 atom stereocenters. The van der Waals surface area contributed by atoms with E-state index >= 15 is 0 Å². The van der Waals surface area contributed by atoms with E-state index in [1.54, 1.807) is 14.2 Å². The molecule has 122 valence electrons. The third-order valence-corrected chi connectivity index (χ3v) is 3.72. The van der Waals surface area contributed by atoms with Gasteiger partial charge in [-0.2, -0.15) is 0 Å². The summed E-state index contributed by atoms with van der Waals surface area (Å²) in [7, 11) is 3.26. The molecule has 0 radical (unpaired) electrons. The van der Waals surface area contributed by atoms with Gasteiger partial charge in [0.1, 0.15) is 5.75 Å². The van der Waals surface area contributed by atoms with Gasteiger partial charge in [-0.25, -0.2) is 4.79 Å². The van der Waals surface area contributed by atoms with Crippen LogP contribution < -0.4 is 4.74 Å². The Hall–Kier alpha value is -2.76. The number of carboxylic acid groups (broad SMARTS) is 1. The smallest absolute Gasteiger partial charge is 0.371 e. The van der Waals surface area contributed by atoms with Crippen molar-refractivity contribution in [3.05, 3.63) is 53.5 Å². The minimum absolute atomic E-state index is 0.0109. The summed E-state index contributed by atoms with van der Waals surface area (Å²) in [6.07, 6.45) is 0.610. The number of nitrogens with zero attached hydrogens (tertiary/aromatic N) is 1. The number of furan rings is 1. The van der Waals surface area contributed by atoms with Crippen molar-refractivity contribution in [1.82, 2.24) is 4.90 Å². The molecule has 2 aromatic rings. The number of hydrogen-bond donors (Lipinski definition) is 1. The summed E-state index contributed by atoms with van der Waals surface area (Å²) in [6, 6.07) is 10.2. The zero-order chi connectivity index (χ0) is 17.0. The molecule has 1 aromatic heterocycles. The van der Waals surface area contributed by atoms with E-state index in [-0.39, 0.29) is 23.5 Å². The van der Waals surface area contributed by atoms with Crippen LogP contribution in [0.4, 0.5) is 0 Å². The topological polar surface area (TPSA) is 80.0 Å². The number of amides is 1. The summed E-state index contributed by atoms with van der Waals surface area (Å²) >= 11 is 0. The van der Waals surface area contributed by atoms with Gasteiger partial charge in [0, 0.05) is 13.1 Å². The van der Waals surface area contributed by atoms with Crippen LogP contribution in [0.3, 0.4) is 0 Å². The van der Waals surface area contributed by atoms with Crippen LogP contribution in [0.15, 0.2) is 40.8 Å². The van der Waals surface area contributed by atoms with Crippen LogP contribution in [0, 0.1) is 0 Å². The number of para-hydroxylation sites is 1. The summed E-state index contributed by atoms with van der Waals surface area (Å²) in [4.78, 5) is 24.7. The molecule has 0 saturated carbocycles. The van der Waals surface area contributed by atoms with Gasteiger partial charge in [-0.05, 0) is 37.1 Å². The van der Waals surface area contributed by atoms with Gasteiger partial charge < -0.3 is 19.2 Å². The monoisotopic (exact) mass is 317 g/mol. The van der Waals surface area contributed by atoms with E-state index in [2.05, 4.69) is 0 Å². The molecule has 1 aromatic carbocycles. The highest BCUT2D eigenvalue weighted by atomic mass is 16.5. The molecule has 0 unspecified atom stereocenters. The van der Waals surface area contributed by atoms with Crippen molar-refractivity contribution < 1.29 is 23.8 Å². The van der Waals surface area contributed by atoms with Crippen molar-refractivity contribution in [2.24, 2.45) is 0 Å². The Morgan fingerprint density at radius 2 is 1.87 bits per heavy atom. The molecule has 1 N–H and O–H groups in total. The van der Waals surface area contributed by atoms with Crippen molar-refractivity contribution in [3.63, 3.8) is 0 Å². The van der Waals surface area contributed by atoms with Gasteiger partial charge in [-0.1, -0.05) is 18.2 Å². The maximum absolute atomic E-state index is 12.4. The van der Waals surface area contributed by atoms with Crippen molar-refractivity contribution >= 4 is 11.9 Å². The van der Waals surface area contributed by atoms with Crippen LogP contribution in [-0.4, -0.2) is 42.1 Å². The third kappa shape index (κ3) is 3.71. The number of carbonyl (C=O) groups is 2. The molecular weight excluding hydrogens is 298 g/mol. The molecule has 0 aliphatic carbocycles. The highest BCUT2D eigenvalue weighted by Gasteiger charge is 2.22. The van der Waals surface area contributed by atoms with Gasteiger partial charge >= 0.3 is 5.97 Å². The third-order valence-electron chi connectivity index (χ3n) is 3.72. The van der Waals surface area contributed by atoms with E-state index in [1.807, 2.05) is 31.2 Å². The number of rotatable bonds is 6. The second-order valence-electron chi connectivity index (χ2n) is 5.25. The molecule has 0 fully saturated rings. The first kappa shape index (κ1) is 16.6. The molecule has 0 bridgehead atoms. The van der Waals surface area contributed by atoms with Crippen molar-refractivity contribution in [1.29, 1.82) is 0 Å². The van der Waals surface area contributed by atoms with Gasteiger partial charge in [-0.3, -0.25) is 4.79 Å². The Morgan fingerprint density at radius 1 is 1.22 bits per heavy atom. The maximum Gasteiger partial charge on any atom is 0.371 e. The predicted molar refractivity (Wildman–Crippen MR) is 83.9 cm³/mol. The maximum atomic E-state index is 12.4. The minimum atomic E-state index is -1.20. The fourth-order valence-corrected chi connectivity index (χ4v) is 2.27. The number of methoxy groups -OCH3 is 1. The van der Waals surface area contributed by atoms with Crippen LogP contribution >= 0.6 is 0 Å². The largest absolute Gasteiger partial charge is 0.496 e. The second-order valence-corrected chi connectivity index (χ2v) is 5.25. The van der Waals surface area contributed by atoms with Crippen molar-refractivity contribution in [2.45, 2.75) is 19.4 Å². The number of likely N-dealkylation sites (N-methyl/N-ethyl adjacent to an activating group) is 1. The van der Waals surface area contributed by atoms with E-state index in [4.69, 9.17) is 14.3 Å². The SMILES string of the molecule is COc1ccccc1C[C@H](C)N(C)C(=O)c1ccc(C(=O)O)o1. The molecule has 6 heteroatoms. The van der Waals surface area contributed by atoms with Gasteiger partial charge in [0.15, 0.2) is 5.76 Å². The Morgan fingerprint density at radius 3 is 2.48 bits per heavy atom. The normalized spacial score (nSPS) is 11.8. The Bertz CT molecular complexity index is 707. The first-order chi connectivity index (χ1) is 10.9. The van der Waals surface area contributed by atoms with E-state index in [1.165, 1.54) is 17.0 Å². The summed E-state index contributed by atoms with van der Waals surface area (Å²) in [5, 5.41) is 8.85. The zero-order valence-electron chi connectivity index (χ0n) is 13.3. The van der Waals surface area contributed by atoms with Crippen molar-refractivity contribution in [3.8, 4) is 5.75 Å². The van der Waals surface area contributed by atoms with Crippen LogP contribution in [0.1, 0.15) is 33.6 Å². The number of aromatic carboxylic acids is 1. The fourth-order valence-electron chi connectivity index (χ4n) is 2.27. The lowest BCUT2D eigenvalue weighted by Crippen LogP contribution is -2.36. The lowest BCUT2D eigenvalue weighted by Gasteiger charge is -2.24. The molecule has 1 heterocycles. The highest BCUT2D eigenvalue weighted by molar-refractivity contribution is 5.93. The van der Waals surface area contributed by atoms with Gasteiger partial charge in [0.25, 0.3) is 5.91 Å². The van der Waals surface area contributed by atoms with E-state index < -0.39 is 5.97 Å². The Kier molecular flexibility index (Phi) is 5.05. The standard InChI is InChI=1S/C17H19NO5/c1-11(10-12-6-4-5-7-13(12)22-3)18(2)16(19)14-8-9-15(23-14)17(20)21/h4-9,11H,10H2,1-3H3,(H,20,21)/t11-/m0/s1. The highest BCUT2D eigenvalue weighted by Crippen LogP contribution is 2.21. The first-order valence-corrected chi connectivity index (χ1v) is 7.16. The molecule has 2 rings (SSSR count). The average molecular weight is 317 g/mol. The van der Waals surface area contributed by atoms with Crippen molar-refractivity contribution in [2.75, 3.05) is 14.2 Å². The van der Waals surface area contributed by atoms with E-state index in [0.717, 1.165) is 11.3 Å². The lowest BCUT2D eigenvalue weighted by molar-refractivity contribution is 0.0647. The lowest BCUT2D eigenvalue weighted by atomic mass is 10.0. The average Bonchev–Trinajstić information content (AvgIpc) is 3.04. The van der Waals surface area contributed by atoms with Crippen LogP contribution in [0.5, 0.6) is 5.75 Å². The number of carboxylic acids is 1.